The van der Waals surface area contributed by atoms with E-state index in [1.165, 1.54) is 0 Å². The van der Waals surface area contributed by atoms with Crippen LogP contribution in [0.4, 0.5) is 0 Å². The summed E-state index contributed by atoms with van der Waals surface area (Å²) < 4.78 is 10.3. The third kappa shape index (κ3) is 9.09. The van der Waals surface area contributed by atoms with E-state index in [0.29, 0.717) is 6.04 Å². The molecule has 0 fully saturated rings. The molecule has 2 N–H and O–H groups in total. The first-order valence-electron chi connectivity index (χ1n) is 6.00. The second kappa shape index (κ2) is 8.93. The summed E-state index contributed by atoms with van der Waals surface area (Å²) in [4.78, 5) is 0. The Morgan fingerprint density at radius 1 is 1.19 bits per heavy atom. The third-order valence-electron chi connectivity index (χ3n) is 2.71. The molecule has 0 aromatic heterocycles. The van der Waals surface area contributed by atoms with Gasteiger partial charge in [-0.15, -0.1) is 0 Å². The molecule has 0 saturated carbocycles. The number of hydrogen-bond acceptors (Lipinski definition) is 4. The lowest BCUT2D eigenvalue weighted by atomic mass is 10.1. The number of ether oxygens (including phenoxy) is 2. The van der Waals surface area contributed by atoms with E-state index >= 15 is 0 Å². The molecule has 98 valence electrons. The first kappa shape index (κ1) is 15.8. The number of rotatable bonds is 10. The van der Waals surface area contributed by atoms with Gasteiger partial charge in [0.2, 0.25) is 0 Å². The van der Waals surface area contributed by atoms with Crippen molar-refractivity contribution in [2.45, 2.75) is 38.8 Å². The Balaban J connectivity index is 3.40. The molecule has 0 aliphatic rings. The largest absolute Gasteiger partial charge is 0.383 e. The topological polar surface area (TPSA) is 42.5 Å². The smallest absolute Gasteiger partial charge is 0.0634 e. The zero-order valence-corrected chi connectivity index (χ0v) is 11.4. The number of hydrogen-bond donors (Lipinski definition) is 2. The van der Waals surface area contributed by atoms with Gasteiger partial charge in [-0.2, -0.15) is 0 Å². The molecule has 0 rings (SSSR count). The Labute approximate surface area is 100 Å². The molecule has 0 aliphatic carbocycles. The molecule has 0 aromatic rings. The number of nitrogens with one attached hydrogen (secondary N) is 2. The van der Waals surface area contributed by atoms with E-state index in [1.807, 2.05) is 0 Å². The van der Waals surface area contributed by atoms with Gasteiger partial charge in [0, 0.05) is 33.4 Å². The summed E-state index contributed by atoms with van der Waals surface area (Å²) in [5, 5.41) is 6.80. The predicted molar refractivity (Wildman–Crippen MR) is 67.9 cm³/mol. The van der Waals surface area contributed by atoms with Crippen molar-refractivity contribution in [3.63, 3.8) is 0 Å². The molecule has 0 bridgehead atoms. The summed E-state index contributed by atoms with van der Waals surface area (Å²) in [7, 11) is 3.48. The predicted octanol–water partition coefficient (Wildman–Crippen LogP) is 1.02. The summed E-state index contributed by atoms with van der Waals surface area (Å²) in [5.41, 5.74) is -0.0315. The lowest BCUT2D eigenvalue weighted by Gasteiger charge is -2.24. The minimum absolute atomic E-state index is 0.0315. The third-order valence-corrected chi connectivity index (χ3v) is 2.71. The molecule has 0 amide bonds. The lowest BCUT2D eigenvalue weighted by Crippen LogP contribution is -2.39. The maximum atomic E-state index is 5.36. The van der Waals surface area contributed by atoms with Crippen LogP contribution in [0.2, 0.25) is 0 Å². The van der Waals surface area contributed by atoms with E-state index in [0.717, 1.165) is 32.7 Å². The number of methoxy groups -OCH3 is 2. The zero-order valence-electron chi connectivity index (χ0n) is 11.4. The van der Waals surface area contributed by atoms with Crippen molar-refractivity contribution in [3.8, 4) is 0 Å². The molecule has 0 spiro atoms. The maximum Gasteiger partial charge on any atom is 0.0634 e. The SMILES string of the molecule is COCCNCC(C)NCCC(C)(C)OC. The van der Waals surface area contributed by atoms with Crippen molar-refractivity contribution >= 4 is 0 Å². The van der Waals surface area contributed by atoms with E-state index < -0.39 is 0 Å². The molecule has 0 radical (unpaired) electrons. The molecule has 0 aromatic carbocycles. The molecular weight excluding hydrogens is 204 g/mol. The van der Waals surface area contributed by atoms with Crippen LogP contribution in [-0.4, -0.2) is 52.1 Å². The van der Waals surface area contributed by atoms with Gasteiger partial charge < -0.3 is 20.1 Å². The highest BCUT2D eigenvalue weighted by Crippen LogP contribution is 2.11. The maximum absolute atomic E-state index is 5.36. The summed E-state index contributed by atoms with van der Waals surface area (Å²) in [6, 6.07) is 0.476. The van der Waals surface area contributed by atoms with E-state index in [1.54, 1.807) is 14.2 Å². The average Bonchev–Trinajstić information content (AvgIpc) is 2.24. The lowest BCUT2D eigenvalue weighted by molar-refractivity contribution is 0.0154. The van der Waals surface area contributed by atoms with Crippen molar-refractivity contribution in [1.82, 2.24) is 10.6 Å². The molecule has 4 nitrogen and oxygen atoms in total. The Morgan fingerprint density at radius 3 is 2.44 bits per heavy atom. The van der Waals surface area contributed by atoms with Crippen LogP contribution >= 0.6 is 0 Å². The zero-order chi connectivity index (χ0) is 12.4. The van der Waals surface area contributed by atoms with Gasteiger partial charge in [-0.3, -0.25) is 0 Å². The normalized spacial score (nSPS) is 14.1. The fraction of sp³-hybridized carbons (Fsp3) is 1.00. The van der Waals surface area contributed by atoms with Crippen molar-refractivity contribution in [2.24, 2.45) is 0 Å². The van der Waals surface area contributed by atoms with E-state index in [4.69, 9.17) is 9.47 Å². The Kier molecular flexibility index (Phi) is 8.84. The minimum atomic E-state index is -0.0315. The van der Waals surface area contributed by atoms with Gasteiger partial charge in [0.05, 0.1) is 12.2 Å². The van der Waals surface area contributed by atoms with Crippen LogP contribution in [0, 0.1) is 0 Å². The molecule has 0 heterocycles. The van der Waals surface area contributed by atoms with Gasteiger partial charge >= 0.3 is 0 Å². The van der Waals surface area contributed by atoms with Crippen LogP contribution in [0.25, 0.3) is 0 Å². The van der Waals surface area contributed by atoms with Gasteiger partial charge in [-0.05, 0) is 33.7 Å². The van der Waals surface area contributed by atoms with Crippen LogP contribution in [0.1, 0.15) is 27.2 Å². The van der Waals surface area contributed by atoms with Crippen molar-refractivity contribution in [1.29, 1.82) is 0 Å². The van der Waals surface area contributed by atoms with Crippen LogP contribution in [0.15, 0.2) is 0 Å². The van der Waals surface area contributed by atoms with Crippen LogP contribution in [0.5, 0.6) is 0 Å². The average molecular weight is 232 g/mol. The highest BCUT2D eigenvalue weighted by Gasteiger charge is 2.15. The van der Waals surface area contributed by atoms with E-state index in [2.05, 4.69) is 31.4 Å². The minimum Gasteiger partial charge on any atom is -0.383 e. The summed E-state index contributed by atoms with van der Waals surface area (Å²) in [5.74, 6) is 0. The molecular formula is C12H28N2O2. The standard InChI is InChI=1S/C12H28N2O2/c1-11(10-13-8-9-15-4)14-7-6-12(2,3)16-5/h11,13-14H,6-10H2,1-5H3. The Bertz CT molecular complexity index is 163. The fourth-order valence-electron chi connectivity index (χ4n) is 1.29. The highest BCUT2D eigenvalue weighted by atomic mass is 16.5. The molecule has 4 heteroatoms. The van der Waals surface area contributed by atoms with Gasteiger partial charge in [0.25, 0.3) is 0 Å². The second-order valence-electron chi connectivity index (χ2n) is 4.77. The molecule has 16 heavy (non-hydrogen) atoms. The quantitative estimate of drug-likeness (QED) is 0.552. The highest BCUT2D eigenvalue weighted by molar-refractivity contribution is 4.71. The molecule has 1 atom stereocenters. The fourth-order valence-corrected chi connectivity index (χ4v) is 1.29. The van der Waals surface area contributed by atoms with E-state index in [-0.39, 0.29) is 5.60 Å². The molecule has 1 unspecified atom stereocenters. The first-order valence-corrected chi connectivity index (χ1v) is 6.00. The monoisotopic (exact) mass is 232 g/mol. The Morgan fingerprint density at radius 2 is 1.88 bits per heavy atom. The van der Waals surface area contributed by atoms with Crippen molar-refractivity contribution < 1.29 is 9.47 Å². The van der Waals surface area contributed by atoms with Crippen LogP contribution in [-0.2, 0) is 9.47 Å². The Hall–Kier alpha value is -0.160. The summed E-state index contributed by atoms with van der Waals surface area (Å²) >= 11 is 0. The van der Waals surface area contributed by atoms with Crippen LogP contribution in [0.3, 0.4) is 0 Å². The van der Waals surface area contributed by atoms with Crippen molar-refractivity contribution in [2.75, 3.05) is 40.5 Å². The van der Waals surface area contributed by atoms with Gasteiger partial charge in [0.15, 0.2) is 0 Å². The summed E-state index contributed by atoms with van der Waals surface area (Å²) in [6.07, 6.45) is 1.02. The summed E-state index contributed by atoms with van der Waals surface area (Å²) in [6.45, 7) is 10.0. The molecule has 0 aliphatic heterocycles. The van der Waals surface area contributed by atoms with E-state index in [9.17, 15) is 0 Å². The molecule has 0 saturated heterocycles. The first-order chi connectivity index (χ1) is 7.52. The van der Waals surface area contributed by atoms with Crippen LogP contribution < -0.4 is 10.6 Å². The van der Waals surface area contributed by atoms with Gasteiger partial charge in [-0.1, -0.05) is 0 Å². The van der Waals surface area contributed by atoms with Gasteiger partial charge in [0.1, 0.15) is 0 Å². The van der Waals surface area contributed by atoms with Gasteiger partial charge in [-0.25, -0.2) is 0 Å². The second-order valence-corrected chi connectivity index (χ2v) is 4.77. The van der Waals surface area contributed by atoms with Crippen molar-refractivity contribution in [3.05, 3.63) is 0 Å².